The number of hydrogen-bond acceptors (Lipinski definition) is 19. The van der Waals surface area contributed by atoms with Crippen LogP contribution in [-0.2, 0) is 10.4 Å². The summed E-state index contributed by atoms with van der Waals surface area (Å²) in [5.74, 6) is 0. The lowest BCUT2D eigenvalue weighted by Crippen LogP contribution is -2.44. The molecule has 25 N–H and O–H groups in total. The van der Waals surface area contributed by atoms with E-state index in [0.717, 1.165) is 43.1 Å². The minimum atomic E-state index is -4.67. The summed E-state index contributed by atoms with van der Waals surface area (Å²) >= 11 is 0. The van der Waals surface area contributed by atoms with E-state index in [0.29, 0.717) is 13.1 Å². The summed E-state index contributed by atoms with van der Waals surface area (Å²) in [6.45, 7) is 8.77. The molecule has 0 aliphatic heterocycles. The fraction of sp³-hybridized carbons (Fsp3) is 0.750. The van der Waals surface area contributed by atoms with Crippen LogP contribution in [0.3, 0.4) is 0 Å². The van der Waals surface area contributed by atoms with Gasteiger partial charge in [0.25, 0.3) is 5.09 Å². The molecule has 0 aliphatic rings. The molecule has 40 nitrogen and oxygen atoms in total. The second-order valence-corrected chi connectivity index (χ2v) is 23.8. The maximum absolute atomic E-state index is 11.1. The Hall–Kier alpha value is -9.25. The molecule has 0 spiro atoms. The molecule has 19 amide bonds. The number of imide groups is 5. The van der Waals surface area contributed by atoms with Gasteiger partial charge in [0.2, 0.25) is 0 Å². The van der Waals surface area contributed by atoms with Crippen molar-refractivity contribution in [2.45, 2.75) is 290 Å². The third kappa shape index (κ3) is 154. The second kappa shape index (κ2) is 90.8. The van der Waals surface area contributed by atoms with Crippen molar-refractivity contribution in [2.75, 3.05) is 19.6 Å². The summed E-state index contributed by atoms with van der Waals surface area (Å²) in [4.78, 5) is 129. The smallest absolute Gasteiger partial charge is 0.412 e. The molecular formula is C64H130N18O22S. The van der Waals surface area contributed by atoms with Crippen molar-refractivity contribution in [3.63, 3.8) is 0 Å². The Morgan fingerprint density at radius 2 is 0.533 bits per heavy atom. The average molecular weight is 1540 g/mol. The third-order valence-corrected chi connectivity index (χ3v) is 13.2. The number of amides is 19. The van der Waals surface area contributed by atoms with Gasteiger partial charge in [0.05, 0.1) is 0 Å². The number of rotatable bonds is 49. The van der Waals surface area contributed by atoms with E-state index in [9.17, 15) is 68.2 Å². The quantitative estimate of drug-likeness (QED) is 0.00884. The molecule has 0 aromatic carbocycles. The maximum atomic E-state index is 11.1. The fourth-order valence-electron chi connectivity index (χ4n) is 8.41. The summed E-state index contributed by atoms with van der Waals surface area (Å²) in [5, 5.41) is 52.0. The van der Waals surface area contributed by atoms with E-state index < -0.39 is 85.9 Å². The molecule has 41 heteroatoms. The number of hydrazine groups is 2. The first-order valence-corrected chi connectivity index (χ1v) is 37.2. The zero-order valence-electron chi connectivity index (χ0n) is 62.1. The molecule has 0 radical (unpaired) electrons. The van der Waals surface area contributed by atoms with Gasteiger partial charge in [-0.15, -0.1) is 10.1 Å². The van der Waals surface area contributed by atoms with Gasteiger partial charge in [-0.3, -0.25) is 30.4 Å². The number of urea groups is 9. The Bertz CT molecular complexity index is 2270. The van der Waals surface area contributed by atoms with Gasteiger partial charge in [0.1, 0.15) is 0 Å². The predicted octanol–water partition coefficient (Wildman–Crippen LogP) is 12.2. The van der Waals surface area contributed by atoms with Crippen LogP contribution in [0, 0.1) is 30.3 Å². The number of allylic oxidation sites excluding steroid dienone is 6. The molecule has 0 aromatic rings. The van der Waals surface area contributed by atoms with Gasteiger partial charge in [-0.2, -0.15) is 8.42 Å². The van der Waals surface area contributed by atoms with Crippen LogP contribution in [0.25, 0.3) is 0 Å². The predicted molar refractivity (Wildman–Crippen MR) is 400 cm³/mol. The maximum Gasteiger partial charge on any atom is 0.412 e. The van der Waals surface area contributed by atoms with Crippen LogP contribution in [-0.4, -0.2) is 123 Å². The number of primary amides is 5. The van der Waals surface area contributed by atoms with Crippen LogP contribution < -0.4 is 82.5 Å². The Balaban J connectivity index is -0.000000183. The molecule has 0 aliphatic carbocycles. The molecule has 0 rings (SSSR count). The zero-order valence-corrected chi connectivity index (χ0v) is 63.0. The summed E-state index contributed by atoms with van der Waals surface area (Å²) < 4.78 is 31.6. The minimum Gasteiger partial charge on any atom is -0.465 e. The van der Waals surface area contributed by atoms with Gasteiger partial charge >= 0.3 is 70.8 Å². The van der Waals surface area contributed by atoms with Crippen molar-refractivity contribution in [1.29, 1.82) is 0 Å². The number of unbranched alkanes of at least 4 members (excludes halogenated alkanes) is 36. The number of carboxylic acid groups (broad SMARTS) is 1. The summed E-state index contributed by atoms with van der Waals surface area (Å²) in [6.07, 6.45) is 67.1. The Morgan fingerprint density at radius 3 is 0.724 bits per heavy atom. The highest BCUT2D eigenvalue weighted by molar-refractivity contribution is 7.79. The molecule has 0 heterocycles. The average Bonchev–Trinajstić information content (AvgIpc) is 1.60. The lowest BCUT2D eigenvalue weighted by molar-refractivity contribution is -0.742. The normalized spacial score (nSPS) is 10.1. The summed E-state index contributed by atoms with van der Waals surface area (Å²) in [5.41, 5.74) is 30.4. The van der Waals surface area contributed by atoms with Crippen LogP contribution in [0.15, 0.2) is 36.5 Å². The molecular weight excluding hydrogens is 1400 g/mol. The number of nitro groups is 2. The molecule has 0 saturated heterocycles. The number of nitrogens with two attached hydrogens (primary N) is 6. The van der Waals surface area contributed by atoms with Gasteiger partial charge in [-0.25, -0.2) is 73.5 Å². The van der Waals surface area contributed by atoms with E-state index in [1.165, 1.54) is 255 Å². The van der Waals surface area contributed by atoms with E-state index in [1.807, 2.05) is 5.32 Å². The van der Waals surface area contributed by atoms with E-state index in [-0.39, 0.29) is 0 Å². The standard InChI is InChI=1S/C20H39N3O2.C20H38N2O3.C18H37N.2C2H4N4O4.C2H5N3O2.HNO3.H2O4S/c1-2-3-4-5-6-7-8-9-10-11-12-13-14-15-16-17-18-22-20(25)23-19(21)24;1-2-3-4-5-6-7-8-9-10-11-12-13-14-15-16-17-18-21-19(23)22-20(24)25;1-2-3-4-5-6-7-8-9-10-11-12-13-14-15-16-17-18-19;2*3-1(7)4-2(8)5-6(9)10;3-1(6)5-2(4)7;2-1(3)4;1-5(2,3)4/h9-10H,2-8,11-18H2,1H3,(H4,21,22,23,24,25);9-10H,2-8,11-18H2,1H3,(H,24,25)(H2,21,22,23);9-10H,2-8,11-19H2,1H3;2*(H4,3,4,5,7,8);(H5,3,4,5,6,7);(H,2,3,4);(H2,1,2,3,4)/b3*10-9-;;;;;. The van der Waals surface area contributed by atoms with Crippen LogP contribution >= 0.6 is 0 Å². The van der Waals surface area contributed by atoms with Gasteiger partial charge in [-0.1, -0.05) is 241 Å². The summed E-state index contributed by atoms with van der Waals surface area (Å²) in [6, 6.07) is -8.69. The number of hydrogen-bond donors (Lipinski definition) is 19. The van der Waals surface area contributed by atoms with Gasteiger partial charge in [0.15, 0.2) is 10.1 Å². The van der Waals surface area contributed by atoms with Gasteiger partial charge in [-0.05, 0) is 103 Å². The van der Waals surface area contributed by atoms with Crippen molar-refractivity contribution in [3.8, 4) is 0 Å². The van der Waals surface area contributed by atoms with Crippen molar-refractivity contribution >= 4 is 70.8 Å². The number of nitrogens with zero attached hydrogens (tertiary/aromatic N) is 3. The largest absolute Gasteiger partial charge is 0.465 e. The first-order valence-electron chi connectivity index (χ1n) is 35.8. The first-order chi connectivity index (χ1) is 49.6. The lowest BCUT2D eigenvalue weighted by Gasteiger charge is -2.04. The number of nitrogens with one attached hydrogen (secondary N) is 9. The van der Waals surface area contributed by atoms with Crippen molar-refractivity contribution in [2.24, 2.45) is 34.4 Å². The number of carbonyl (C=O) groups is 10. The third-order valence-electron chi connectivity index (χ3n) is 13.2. The van der Waals surface area contributed by atoms with Crippen LogP contribution in [0.1, 0.15) is 290 Å². The van der Waals surface area contributed by atoms with Crippen LogP contribution in [0.5, 0.6) is 0 Å². The molecule has 0 bridgehead atoms. The van der Waals surface area contributed by atoms with Crippen LogP contribution in [0.2, 0.25) is 0 Å². The molecule has 0 atom stereocenters. The minimum absolute atomic E-state index is 0.514. The van der Waals surface area contributed by atoms with Crippen LogP contribution in [0.4, 0.5) is 47.9 Å². The number of carbonyl (C=O) groups excluding carboxylic acids is 9. The van der Waals surface area contributed by atoms with Gasteiger partial charge in [0, 0.05) is 13.1 Å². The van der Waals surface area contributed by atoms with Crippen molar-refractivity contribution in [1.82, 2.24) is 48.1 Å². The first kappa shape index (κ1) is 112. The highest BCUT2D eigenvalue weighted by Gasteiger charge is 2.09. The van der Waals surface area contributed by atoms with Crippen molar-refractivity contribution in [3.05, 3.63) is 66.8 Å². The molecule has 0 aromatic heterocycles. The van der Waals surface area contributed by atoms with Crippen molar-refractivity contribution < 1.29 is 90.9 Å². The Morgan fingerprint density at radius 1 is 0.343 bits per heavy atom. The lowest BCUT2D eigenvalue weighted by atomic mass is 10.1. The van der Waals surface area contributed by atoms with E-state index in [1.54, 1.807) is 10.6 Å². The Labute approximate surface area is 618 Å². The highest BCUT2D eigenvalue weighted by atomic mass is 32.3. The second-order valence-electron chi connectivity index (χ2n) is 22.9. The molecule has 614 valence electrons. The SMILES string of the molecule is CCCCCCCC/C=C\CCCCCCCCN.CCCCCCCC/C=C\CCCCCCCCNC(=O)NC(=O)O.CCCCCCCC/C=C\CCCCCCCCNC(=O)NC(N)=O.NC(=O)NC(=O)N[N+](=O)[O-].NC(=O)NC(=O)N[N+](=O)[O-].NC(=O)NC(N)=O.O=S(=O)(O)O.O=[N+]([O-])O. The van der Waals surface area contributed by atoms with E-state index in [2.05, 4.69) is 90.8 Å². The molecule has 105 heavy (non-hydrogen) atoms. The van der Waals surface area contributed by atoms with E-state index >= 15 is 0 Å². The molecule has 0 unspecified atom stereocenters. The zero-order chi connectivity index (χ0) is 81.4. The van der Waals surface area contributed by atoms with E-state index in [4.69, 9.17) is 49.4 Å². The Kier molecular flexibility index (Phi) is 96.6. The summed E-state index contributed by atoms with van der Waals surface area (Å²) in [7, 11) is -4.67. The van der Waals surface area contributed by atoms with Gasteiger partial charge < -0.3 is 55.3 Å². The molecule has 0 fully saturated rings. The molecule has 0 saturated carbocycles. The monoisotopic (exact) mass is 1530 g/mol. The fourth-order valence-corrected chi connectivity index (χ4v) is 8.41. The highest BCUT2D eigenvalue weighted by Crippen LogP contribution is 2.13. The topological polar surface area (TPSA) is 680 Å².